The van der Waals surface area contributed by atoms with Gasteiger partial charge < -0.3 is 9.80 Å². The van der Waals surface area contributed by atoms with Gasteiger partial charge in [-0.3, -0.25) is 4.79 Å². The molecule has 0 spiro atoms. The monoisotopic (exact) mass is 255 g/mol. The number of quaternary nitrogens is 1. The molecule has 0 unspecified atom stereocenters. The first-order chi connectivity index (χ1) is 8.64. The van der Waals surface area contributed by atoms with Crippen molar-refractivity contribution in [3.8, 4) is 0 Å². The number of amides is 1. The summed E-state index contributed by atoms with van der Waals surface area (Å²) in [5.74, 6) is 0.195. The first kappa shape index (κ1) is 17.2. The molecule has 0 aliphatic rings. The molecule has 0 aliphatic carbocycles. The van der Waals surface area contributed by atoms with Crippen LogP contribution in [0, 0.1) is 0 Å². The molecule has 0 aromatic rings. The standard InChI is InChI=1S/C15H30N2O/c1-5-9-10-11-12-15(18)16-13-14-17(6-2,7-3)8-4/h5,9H,6-8,10-14H2,1-4H3/p+1/b9-5+. The smallest absolute Gasteiger partial charge is 0.220 e. The van der Waals surface area contributed by atoms with Crippen molar-refractivity contribution in [1.82, 2.24) is 5.32 Å². The van der Waals surface area contributed by atoms with Gasteiger partial charge in [-0.2, -0.15) is 0 Å². The Labute approximate surface area is 113 Å². The molecule has 0 radical (unpaired) electrons. The first-order valence-electron chi connectivity index (χ1n) is 7.37. The average Bonchev–Trinajstić information content (AvgIpc) is 2.40. The number of rotatable bonds is 10. The van der Waals surface area contributed by atoms with E-state index in [1.54, 1.807) is 0 Å². The molecule has 0 bridgehead atoms. The van der Waals surface area contributed by atoms with Gasteiger partial charge >= 0.3 is 0 Å². The number of carbonyl (C=O) groups is 1. The van der Waals surface area contributed by atoms with Crippen LogP contribution < -0.4 is 5.32 Å². The average molecular weight is 255 g/mol. The predicted octanol–water partition coefficient (Wildman–Crippen LogP) is 2.73. The van der Waals surface area contributed by atoms with Crippen molar-refractivity contribution in [2.24, 2.45) is 0 Å². The van der Waals surface area contributed by atoms with Crippen LogP contribution in [-0.2, 0) is 4.79 Å². The van der Waals surface area contributed by atoms with Gasteiger partial charge in [0, 0.05) is 6.42 Å². The predicted molar refractivity (Wildman–Crippen MR) is 78.4 cm³/mol. The number of hydrogen-bond acceptors (Lipinski definition) is 1. The fourth-order valence-electron chi connectivity index (χ4n) is 2.21. The highest BCUT2D eigenvalue weighted by atomic mass is 16.1. The maximum absolute atomic E-state index is 11.6. The molecule has 0 aliphatic heterocycles. The maximum atomic E-state index is 11.6. The van der Waals surface area contributed by atoms with Crippen LogP contribution in [0.1, 0.15) is 47.0 Å². The second kappa shape index (κ2) is 10.1. The lowest BCUT2D eigenvalue weighted by molar-refractivity contribution is -0.922. The zero-order chi connectivity index (χ0) is 13.9. The number of likely N-dealkylation sites (N-methyl/N-ethyl adjacent to an activating group) is 1. The van der Waals surface area contributed by atoms with Crippen LogP contribution in [0.2, 0.25) is 0 Å². The van der Waals surface area contributed by atoms with Crippen molar-refractivity contribution in [3.05, 3.63) is 12.2 Å². The molecule has 0 saturated carbocycles. The van der Waals surface area contributed by atoms with E-state index in [0.29, 0.717) is 6.42 Å². The number of hydrogen-bond donors (Lipinski definition) is 1. The summed E-state index contributed by atoms with van der Waals surface area (Å²) in [6, 6.07) is 0. The summed E-state index contributed by atoms with van der Waals surface area (Å²) in [4.78, 5) is 11.6. The molecule has 3 nitrogen and oxygen atoms in total. The molecule has 0 atom stereocenters. The Morgan fingerprint density at radius 1 is 1.17 bits per heavy atom. The van der Waals surface area contributed by atoms with Gasteiger partial charge in [0.1, 0.15) is 0 Å². The molecule has 106 valence electrons. The van der Waals surface area contributed by atoms with Gasteiger partial charge in [0.25, 0.3) is 0 Å². The van der Waals surface area contributed by atoms with Crippen molar-refractivity contribution in [2.45, 2.75) is 47.0 Å². The summed E-state index contributed by atoms with van der Waals surface area (Å²) in [7, 11) is 0. The molecule has 0 heterocycles. The molecule has 0 fully saturated rings. The topological polar surface area (TPSA) is 29.1 Å². The van der Waals surface area contributed by atoms with Crippen molar-refractivity contribution >= 4 is 5.91 Å². The highest BCUT2D eigenvalue weighted by molar-refractivity contribution is 5.75. The number of allylic oxidation sites excluding steroid dienone is 2. The SMILES string of the molecule is C/C=C/CCCC(=O)NCC[N+](CC)(CC)CC. The van der Waals surface area contributed by atoms with Gasteiger partial charge in [-0.15, -0.1) is 0 Å². The van der Waals surface area contributed by atoms with Crippen molar-refractivity contribution in [1.29, 1.82) is 0 Å². The third-order valence-corrected chi connectivity index (χ3v) is 3.93. The van der Waals surface area contributed by atoms with E-state index >= 15 is 0 Å². The molecule has 1 amide bonds. The Kier molecular flexibility index (Phi) is 9.66. The number of nitrogens with zero attached hydrogens (tertiary/aromatic N) is 1. The minimum absolute atomic E-state index is 0.195. The van der Waals surface area contributed by atoms with Gasteiger partial charge in [-0.25, -0.2) is 0 Å². The van der Waals surface area contributed by atoms with Crippen LogP contribution in [-0.4, -0.2) is 43.1 Å². The van der Waals surface area contributed by atoms with E-state index < -0.39 is 0 Å². The van der Waals surface area contributed by atoms with Gasteiger partial charge in [0.2, 0.25) is 5.91 Å². The van der Waals surface area contributed by atoms with Gasteiger partial charge in [0.15, 0.2) is 0 Å². The van der Waals surface area contributed by atoms with E-state index in [0.717, 1.165) is 50.0 Å². The summed E-state index contributed by atoms with van der Waals surface area (Å²) in [5.41, 5.74) is 0. The molecule has 1 N–H and O–H groups in total. The highest BCUT2D eigenvalue weighted by Gasteiger charge is 2.19. The highest BCUT2D eigenvalue weighted by Crippen LogP contribution is 2.04. The summed E-state index contributed by atoms with van der Waals surface area (Å²) in [5, 5.41) is 3.04. The molecule has 0 aromatic heterocycles. The van der Waals surface area contributed by atoms with Crippen molar-refractivity contribution in [3.63, 3.8) is 0 Å². The van der Waals surface area contributed by atoms with E-state index in [1.807, 2.05) is 13.0 Å². The normalized spacial score (nSPS) is 12.0. The van der Waals surface area contributed by atoms with E-state index in [2.05, 4.69) is 32.2 Å². The van der Waals surface area contributed by atoms with Gasteiger partial charge in [0.05, 0.1) is 32.7 Å². The minimum Gasteiger partial charge on any atom is -0.350 e. The second-order valence-corrected chi connectivity index (χ2v) is 4.83. The largest absolute Gasteiger partial charge is 0.350 e. The Morgan fingerprint density at radius 2 is 1.78 bits per heavy atom. The van der Waals surface area contributed by atoms with Crippen LogP contribution in [0.25, 0.3) is 0 Å². The van der Waals surface area contributed by atoms with E-state index in [1.165, 1.54) is 0 Å². The zero-order valence-electron chi connectivity index (χ0n) is 12.7. The summed E-state index contributed by atoms with van der Waals surface area (Å²) in [6.07, 6.45) is 6.75. The van der Waals surface area contributed by atoms with E-state index in [4.69, 9.17) is 0 Å². The van der Waals surface area contributed by atoms with Crippen molar-refractivity contribution in [2.75, 3.05) is 32.7 Å². The third-order valence-electron chi connectivity index (χ3n) is 3.93. The Morgan fingerprint density at radius 3 is 2.28 bits per heavy atom. The van der Waals surface area contributed by atoms with Crippen LogP contribution in [0.3, 0.4) is 0 Å². The third kappa shape index (κ3) is 6.80. The lowest BCUT2D eigenvalue weighted by Crippen LogP contribution is -2.51. The molecule has 0 rings (SSSR count). The fraction of sp³-hybridized carbons (Fsp3) is 0.800. The minimum atomic E-state index is 0.195. The quantitative estimate of drug-likeness (QED) is 0.363. The Hall–Kier alpha value is -0.830. The first-order valence-corrected chi connectivity index (χ1v) is 7.37. The number of unbranched alkanes of at least 4 members (excludes halogenated alkanes) is 1. The molecular formula is C15H31N2O+. The van der Waals surface area contributed by atoms with Crippen LogP contribution in [0.5, 0.6) is 0 Å². The fourth-order valence-corrected chi connectivity index (χ4v) is 2.21. The molecule has 0 saturated heterocycles. The lowest BCUT2D eigenvalue weighted by Gasteiger charge is -2.35. The van der Waals surface area contributed by atoms with Gasteiger partial charge in [-0.1, -0.05) is 12.2 Å². The molecule has 18 heavy (non-hydrogen) atoms. The van der Waals surface area contributed by atoms with Crippen LogP contribution in [0.4, 0.5) is 0 Å². The second-order valence-electron chi connectivity index (χ2n) is 4.83. The van der Waals surface area contributed by atoms with Crippen LogP contribution in [0.15, 0.2) is 12.2 Å². The van der Waals surface area contributed by atoms with E-state index in [-0.39, 0.29) is 5.91 Å². The summed E-state index contributed by atoms with van der Waals surface area (Å²) >= 11 is 0. The lowest BCUT2D eigenvalue weighted by atomic mass is 10.2. The van der Waals surface area contributed by atoms with Crippen LogP contribution >= 0.6 is 0 Å². The molecule has 3 heteroatoms. The maximum Gasteiger partial charge on any atom is 0.220 e. The van der Waals surface area contributed by atoms with Crippen molar-refractivity contribution < 1.29 is 9.28 Å². The molecular weight excluding hydrogens is 224 g/mol. The summed E-state index contributed by atoms with van der Waals surface area (Å²) in [6.45, 7) is 14.0. The number of carbonyl (C=O) groups excluding carboxylic acids is 1. The van der Waals surface area contributed by atoms with E-state index in [9.17, 15) is 4.79 Å². The summed E-state index contributed by atoms with van der Waals surface area (Å²) < 4.78 is 1.10. The van der Waals surface area contributed by atoms with Gasteiger partial charge in [-0.05, 0) is 40.5 Å². The molecule has 0 aromatic carbocycles. The Balaban J connectivity index is 3.78. The zero-order valence-corrected chi connectivity index (χ0v) is 12.7. The Bertz CT molecular complexity index is 237. The number of nitrogens with one attached hydrogen (secondary N) is 1.